The number of amides is 1. The van der Waals surface area contributed by atoms with Crippen LogP contribution in [0.5, 0.6) is 0 Å². The van der Waals surface area contributed by atoms with Gasteiger partial charge < -0.3 is 10.0 Å². The van der Waals surface area contributed by atoms with Gasteiger partial charge in [-0.1, -0.05) is 48.7 Å². The normalized spacial score (nSPS) is 21.3. The molecule has 0 spiro atoms. The molecule has 23 heavy (non-hydrogen) atoms. The highest BCUT2D eigenvalue weighted by Crippen LogP contribution is 2.26. The maximum atomic E-state index is 12.6. The Hall–Kier alpha value is -1.65. The summed E-state index contributed by atoms with van der Waals surface area (Å²) in [5.74, 6) is -0.0101. The van der Waals surface area contributed by atoms with E-state index in [0.717, 1.165) is 36.5 Å². The minimum absolute atomic E-state index is 0.147. The third kappa shape index (κ3) is 3.48. The molecule has 0 radical (unpaired) electrons. The van der Waals surface area contributed by atoms with Crippen LogP contribution in [0.25, 0.3) is 10.8 Å². The molecule has 2 unspecified atom stereocenters. The highest BCUT2D eigenvalue weighted by Gasteiger charge is 2.26. The Bertz CT molecular complexity index is 719. The first-order chi connectivity index (χ1) is 11.1. The van der Waals surface area contributed by atoms with E-state index < -0.39 is 0 Å². The molecule has 1 heterocycles. The van der Waals surface area contributed by atoms with Crippen molar-refractivity contribution in [1.29, 1.82) is 0 Å². The Balaban J connectivity index is 1.79. The Morgan fingerprint density at radius 3 is 2.87 bits per heavy atom. The lowest BCUT2D eigenvalue weighted by Crippen LogP contribution is -2.38. The molecule has 2 atom stereocenters. The van der Waals surface area contributed by atoms with Crippen molar-refractivity contribution in [3.05, 3.63) is 41.2 Å². The van der Waals surface area contributed by atoms with Crippen molar-refractivity contribution in [3.63, 3.8) is 0 Å². The number of fused-ring (bicyclic) bond motifs is 1. The fourth-order valence-corrected chi connectivity index (χ4v) is 3.56. The number of nitrogens with zero attached hydrogens (tertiary/aromatic N) is 2. The summed E-state index contributed by atoms with van der Waals surface area (Å²) in [5, 5.41) is 12.2. The maximum Gasteiger partial charge on any atom is 0.272 e. The third-order valence-corrected chi connectivity index (χ3v) is 4.93. The van der Waals surface area contributed by atoms with Crippen LogP contribution in [0.4, 0.5) is 0 Å². The van der Waals surface area contributed by atoms with Crippen LogP contribution in [0.2, 0.25) is 5.15 Å². The molecule has 0 saturated heterocycles. The second-order valence-electron chi connectivity index (χ2n) is 6.32. The van der Waals surface area contributed by atoms with Crippen molar-refractivity contribution in [2.24, 2.45) is 5.92 Å². The van der Waals surface area contributed by atoms with Gasteiger partial charge in [0.25, 0.3) is 5.91 Å². The number of hydrogen-bond acceptors (Lipinski definition) is 3. The van der Waals surface area contributed by atoms with E-state index in [0.29, 0.717) is 17.4 Å². The van der Waals surface area contributed by atoms with Crippen molar-refractivity contribution in [2.45, 2.75) is 31.8 Å². The van der Waals surface area contributed by atoms with Gasteiger partial charge in [-0.05, 0) is 24.3 Å². The molecule has 1 saturated carbocycles. The van der Waals surface area contributed by atoms with Crippen molar-refractivity contribution < 1.29 is 9.90 Å². The number of aromatic nitrogens is 1. The van der Waals surface area contributed by atoms with E-state index in [4.69, 9.17) is 11.6 Å². The minimum atomic E-state index is -0.313. The Labute approximate surface area is 141 Å². The van der Waals surface area contributed by atoms with E-state index in [1.165, 1.54) is 0 Å². The van der Waals surface area contributed by atoms with Crippen LogP contribution in [0, 0.1) is 5.92 Å². The second-order valence-corrected chi connectivity index (χ2v) is 6.68. The third-order valence-electron chi connectivity index (χ3n) is 4.64. The van der Waals surface area contributed by atoms with Crippen LogP contribution in [-0.4, -0.2) is 40.6 Å². The number of pyridine rings is 1. The largest absolute Gasteiger partial charge is 0.393 e. The average molecular weight is 333 g/mol. The Morgan fingerprint density at radius 1 is 1.35 bits per heavy atom. The summed E-state index contributed by atoms with van der Waals surface area (Å²) in [5.41, 5.74) is 0.349. The van der Waals surface area contributed by atoms with E-state index in [1.807, 2.05) is 24.3 Å². The van der Waals surface area contributed by atoms with Crippen molar-refractivity contribution in [3.8, 4) is 0 Å². The minimum Gasteiger partial charge on any atom is -0.393 e. The van der Waals surface area contributed by atoms with Gasteiger partial charge in [-0.25, -0.2) is 4.98 Å². The summed E-state index contributed by atoms with van der Waals surface area (Å²) in [7, 11) is 1.76. The summed E-state index contributed by atoms with van der Waals surface area (Å²) in [4.78, 5) is 18.5. The molecule has 0 aliphatic heterocycles. The summed E-state index contributed by atoms with van der Waals surface area (Å²) in [6.07, 6.45) is 3.66. The van der Waals surface area contributed by atoms with Crippen LogP contribution in [0.1, 0.15) is 36.2 Å². The molecule has 1 amide bonds. The van der Waals surface area contributed by atoms with Gasteiger partial charge in [-0.3, -0.25) is 4.79 Å². The number of rotatable bonds is 3. The Morgan fingerprint density at radius 2 is 2.09 bits per heavy atom. The van der Waals surface area contributed by atoms with Crippen molar-refractivity contribution >= 4 is 28.3 Å². The number of carbonyl (C=O) groups excluding carboxylic acids is 1. The zero-order valence-electron chi connectivity index (χ0n) is 13.2. The lowest BCUT2D eigenvalue weighted by atomic mass is 9.86. The van der Waals surface area contributed by atoms with Gasteiger partial charge in [0, 0.05) is 24.9 Å². The van der Waals surface area contributed by atoms with Gasteiger partial charge in [-0.2, -0.15) is 0 Å². The first-order valence-electron chi connectivity index (χ1n) is 8.05. The summed E-state index contributed by atoms with van der Waals surface area (Å²) in [6.45, 7) is 0.548. The van der Waals surface area contributed by atoms with Gasteiger partial charge in [0.15, 0.2) is 0 Å². The fourth-order valence-electron chi connectivity index (χ4n) is 3.30. The monoisotopic (exact) mass is 332 g/mol. The number of carbonyl (C=O) groups is 1. The van der Waals surface area contributed by atoms with Crippen molar-refractivity contribution in [2.75, 3.05) is 13.6 Å². The second kappa shape index (κ2) is 6.85. The van der Waals surface area contributed by atoms with E-state index >= 15 is 0 Å². The van der Waals surface area contributed by atoms with Crippen LogP contribution in [0.15, 0.2) is 30.3 Å². The lowest BCUT2D eigenvalue weighted by Gasteiger charge is -2.31. The van der Waals surface area contributed by atoms with E-state index in [2.05, 4.69) is 4.98 Å². The number of aliphatic hydroxyl groups is 1. The molecule has 1 aliphatic rings. The SMILES string of the molecule is CN(CC1CCCCC1O)C(=O)c1cc2ccccc2c(Cl)n1. The van der Waals surface area contributed by atoms with Gasteiger partial charge >= 0.3 is 0 Å². The molecular formula is C18H21ClN2O2. The molecule has 1 aromatic heterocycles. The van der Waals surface area contributed by atoms with Gasteiger partial charge in [0.1, 0.15) is 10.8 Å². The molecular weight excluding hydrogens is 312 g/mol. The van der Waals surface area contributed by atoms with E-state index in [9.17, 15) is 9.90 Å². The van der Waals surface area contributed by atoms with Crippen LogP contribution >= 0.6 is 11.6 Å². The molecule has 2 aromatic rings. The van der Waals surface area contributed by atoms with Crippen LogP contribution < -0.4 is 0 Å². The summed E-state index contributed by atoms with van der Waals surface area (Å²) >= 11 is 6.20. The molecule has 122 valence electrons. The van der Waals surface area contributed by atoms with Gasteiger partial charge in [0.2, 0.25) is 0 Å². The fraction of sp³-hybridized carbons (Fsp3) is 0.444. The number of hydrogen-bond donors (Lipinski definition) is 1. The zero-order chi connectivity index (χ0) is 16.4. The summed E-state index contributed by atoms with van der Waals surface area (Å²) < 4.78 is 0. The molecule has 0 bridgehead atoms. The molecule has 1 aliphatic carbocycles. The average Bonchev–Trinajstić information content (AvgIpc) is 2.56. The zero-order valence-corrected chi connectivity index (χ0v) is 14.0. The molecule has 5 heteroatoms. The molecule has 1 N–H and O–H groups in total. The first kappa shape index (κ1) is 16.2. The summed E-state index contributed by atoms with van der Waals surface area (Å²) in [6, 6.07) is 9.39. The Kier molecular flexibility index (Phi) is 4.83. The first-order valence-corrected chi connectivity index (χ1v) is 8.43. The molecule has 1 fully saturated rings. The molecule has 1 aromatic carbocycles. The highest BCUT2D eigenvalue weighted by atomic mass is 35.5. The number of halogens is 1. The van der Waals surface area contributed by atoms with Crippen LogP contribution in [0.3, 0.4) is 0 Å². The van der Waals surface area contributed by atoms with Gasteiger partial charge in [-0.15, -0.1) is 0 Å². The predicted molar refractivity (Wildman–Crippen MR) is 91.7 cm³/mol. The quantitative estimate of drug-likeness (QED) is 0.875. The van der Waals surface area contributed by atoms with Crippen molar-refractivity contribution in [1.82, 2.24) is 9.88 Å². The predicted octanol–water partition coefficient (Wildman–Crippen LogP) is 3.51. The number of aliphatic hydroxyl groups excluding tert-OH is 1. The topological polar surface area (TPSA) is 53.4 Å². The standard InChI is InChI=1S/C18H21ClN2O2/c1-21(11-13-7-3-5-9-16(13)22)18(23)15-10-12-6-2-4-8-14(12)17(19)20-15/h2,4,6,8,10,13,16,22H,3,5,7,9,11H2,1H3. The highest BCUT2D eigenvalue weighted by molar-refractivity contribution is 6.34. The van der Waals surface area contributed by atoms with Gasteiger partial charge in [0.05, 0.1) is 6.10 Å². The number of benzene rings is 1. The molecule has 3 rings (SSSR count). The van der Waals surface area contributed by atoms with E-state index in [-0.39, 0.29) is 17.9 Å². The lowest BCUT2D eigenvalue weighted by molar-refractivity contribution is 0.0448. The van der Waals surface area contributed by atoms with Crippen LogP contribution in [-0.2, 0) is 0 Å². The molecule has 4 nitrogen and oxygen atoms in total. The smallest absolute Gasteiger partial charge is 0.272 e. The van der Waals surface area contributed by atoms with E-state index in [1.54, 1.807) is 18.0 Å². The maximum absolute atomic E-state index is 12.6.